The number of alkyl halides is 2. The van der Waals surface area contributed by atoms with Gasteiger partial charge in [-0.25, -0.2) is 0 Å². The van der Waals surface area contributed by atoms with Gasteiger partial charge in [-0.3, -0.25) is 0 Å². The van der Waals surface area contributed by atoms with Crippen molar-refractivity contribution in [1.82, 2.24) is 0 Å². The van der Waals surface area contributed by atoms with Gasteiger partial charge in [0.1, 0.15) is 0 Å². The normalized spacial score (nSPS) is 12.6. The van der Waals surface area contributed by atoms with Gasteiger partial charge in [0.2, 0.25) is 0 Å². The molecule has 0 spiro atoms. The molecule has 0 rings (SSSR count). The molecule has 0 aliphatic rings. The fraction of sp³-hybridized carbons (Fsp3) is 1.00. The van der Waals surface area contributed by atoms with Crippen molar-refractivity contribution in [2.45, 2.75) is 25.7 Å². The van der Waals surface area contributed by atoms with Crippen LogP contribution in [0.2, 0.25) is 19.6 Å². The van der Waals surface area contributed by atoms with Crippen molar-refractivity contribution >= 4 is 40.2 Å². The van der Waals surface area contributed by atoms with E-state index in [9.17, 15) is 0 Å². The van der Waals surface area contributed by atoms with Gasteiger partial charge in [0.05, 0.1) is 6.10 Å². The predicted molar refractivity (Wildman–Crippen MR) is 55.8 cm³/mol. The second-order valence-corrected chi connectivity index (χ2v) is 8.92. The van der Waals surface area contributed by atoms with Gasteiger partial charge in [0, 0.05) is 10.7 Å². The van der Waals surface area contributed by atoms with Gasteiger partial charge in [0.15, 0.2) is 8.32 Å². The van der Waals surface area contributed by atoms with E-state index in [1.807, 2.05) is 0 Å². The van der Waals surface area contributed by atoms with Crippen molar-refractivity contribution in [3.63, 3.8) is 0 Å². The molecule has 0 radical (unpaired) electrons. The molecule has 0 heterocycles. The van der Waals surface area contributed by atoms with Gasteiger partial charge in [0.25, 0.3) is 0 Å². The zero-order valence-electron chi connectivity index (χ0n) is 6.66. The van der Waals surface area contributed by atoms with E-state index >= 15 is 0 Å². The van der Waals surface area contributed by atoms with Crippen LogP contribution in [0.4, 0.5) is 0 Å². The summed E-state index contributed by atoms with van der Waals surface area (Å²) in [4.78, 5) is 0. The topological polar surface area (TPSA) is 9.23 Å². The molecule has 0 aromatic rings. The summed E-state index contributed by atoms with van der Waals surface area (Å²) < 4.78 is 5.78. The van der Waals surface area contributed by atoms with Gasteiger partial charge in [-0.1, -0.05) is 31.9 Å². The Morgan fingerprint density at radius 3 is 1.70 bits per heavy atom. The largest absolute Gasteiger partial charge is 0.413 e. The summed E-state index contributed by atoms with van der Waals surface area (Å²) in [5.74, 6) is 0. The average Bonchev–Trinajstić information content (AvgIpc) is 1.81. The van der Waals surface area contributed by atoms with Crippen LogP contribution in [0.3, 0.4) is 0 Å². The molecule has 0 aromatic heterocycles. The summed E-state index contributed by atoms with van der Waals surface area (Å²) in [5.41, 5.74) is 0. The average molecular weight is 290 g/mol. The summed E-state index contributed by atoms with van der Waals surface area (Å²) in [6.07, 6.45) is 0.340. The molecule has 0 aromatic carbocycles. The minimum atomic E-state index is -1.32. The van der Waals surface area contributed by atoms with Gasteiger partial charge in [-0.05, 0) is 19.6 Å². The van der Waals surface area contributed by atoms with Crippen LogP contribution in [0.5, 0.6) is 0 Å². The molecule has 1 nitrogen and oxygen atoms in total. The third-order valence-electron chi connectivity index (χ3n) is 0.864. The van der Waals surface area contributed by atoms with E-state index in [0.717, 1.165) is 10.7 Å². The minimum absolute atomic E-state index is 0.340. The smallest absolute Gasteiger partial charge is 0.184 e. The maximum atomic E-state index is 5.78. The van der Waals surface area contributed by atoms with Crippen LogP contribution in [0.25, 0.3) is 0 Å². The molecule has 0 bridgehead atoms. The monoisotopic (exact) mass is 288 g/mol. The highest BCUT2D eigenvalue weighted by Gasteiger charge is 2.19. The molecule has 0 N–H and O–H groups in total. The molecule has 0 saturated heterocycles. The molecule has 0 fully saturated rings. The molecule has 0 atom stereocenters. The maximum absolute atomic E-state index is 5.78. The zero-order chi connectivity index (χ0) is 8.20. The quantitative estimate of drug-likeness (QED) is 0.571. The van der Waals surface area contributed by atoms with Crippen molar-refractivity contribution < 1.29 is 4.43 Å². The van der Waals surface area contributed by atoms with Crippen molar-refractivity contribution in [3.8, 4) is 0 Å². The highest BCUT2D eigenvalue weighted by atomic mass is 79.9. The molecule has 10 heavy (non-hydrogen) atoms. The molecular weight excluding hydrogens is 276 g/mol. The van der Waals surface area contributed by atoms with Crippen LogP contribution in [-0.4, -0.2) is 25.1 Å². The van der Waals surface area contributed by atoms with Crippen LogP contribution in [0.15, 0.2) is 0 Å². The summed E-state index contributed by atoms with van der Waals surface area (Å²) >= 11 is 6.79. The maximum Gasteiger partial charge on any atom is 0.184 e. The van der Waals surface area contributed by atoms with E-state index < -0.39 is 8.32 Å². The van der Waals surface area contributed by atoms with Crippen LogP contribution in [0.1, 0.15) is 0 Å². The minimum Gasteiger partial charge on any atom is -0.413 e. The number of halogens is 2. The fourth-order valence-electron chi connectivity index (χ4n) is 0.604. The predicted octanol–water partition coefficient (Wildman–Crippen LogP) is 3.00. The first-order chi connectivity index (χ1) is 4.49. The summed E-state index contributed by atoms with van der Waals surface area (Å²) in [5, 5.41) is 1.84. The van der Waals surface area contributed by atoms with Gasteiger partial charge >= 0.3 is 0 Å². The lowest BCUT2D eigenvalue weighted by atomic mass is 10.5. The van der Waals surface area contributed by atoms with Gasteiger partial charge < -0.3 is 4.43 Å². The molecule has 4 heteroatoms. The third-order valence-corrected chi connectivity index (χ3v) is 3.35. The second kappa shape index (κ2) is 4.90. The van der Waals surface area contributed by atoms with Crippen molar-refractivity contribution in [3.05, 3.63) is 0 Å². The fourth-order valence-corrected chi connectivity index (χ4v) is 3.60. The van der Waals surface area contributed by atoms with E-state index in [1.165, 1.54) is 0 Å². The van der Waals surface area contributed by atoms with E-state index in [0.29, 0.717) is 6.10 Å². The Kier molecular flexibility index (Phi) is 5.46. The van der Waals surface area contributed by atoms with Crippen LogP contribution in [0, 0.1) is 0 Å². The number of hydrogen-bond acceptors (Lipinski definition) is 1. The number of rotatable bonds is 4. The van der Waals surface area contributed by atoms with Crippen molar-refractivity contribution in [2.75, 3.05) is 10.7 Å². The van der Waals surface area contributed by atoms with Crippen LogP contribution < -0.4 is 0 Å². The van der Waals surface area contributed by atoms with E-state index in [-0.39, 0.29) is 0 Å². The Balaban J connectivity index is 3.63. The zero-order valence-corrected chi connectivity index (χ0v) is 10.8. The summed E-state index contributed by atoms with van der Waals surface area (Å²) in [7, 11) is -1.32. The molecule has 0 amide bonds. The van der Waals surface area contributed by atoms with Crippen molar-refractivity contribution in [1.29, 1.82) is 0 Å². The Morgan fingerprint density at radius 2 is 1.60 bits per heavy atom. The molecule has 62 valence electrons. The Morgan fingerprint density at radius 1 is 1.20 bits per heavy atom. The summed E-state index contributed by atoms with van der Waals surface area (Å²) in [6, 6.07) is 0. The van der Waals surface area contributed by atoms with Gasteiger partial charge in [-0.2, -0.15) is 0 Å². The van der Waals surface area contributed by atoms with Crippen LogP contribution >= 0.6 is 31.9 Å². The first kappa shape index (κ1) is 11.1. The van der Waals surface area contributed by atoms with E-state index in [4.69, 9.17) is 4.43 Å². The Bertz CT molecular complexity index is 88.2. The molecule has 0 unspecified atom stereocenters. The standard InChI is InChI=1S/C6H14Br2OSi/c1-10(2,3)9-6(4-7)5-8/h6H,4-5H2,1-3H3. The lowest BCUT2D eigenvalue weighted by Crippen LogP contribution is -2.33. The second-order valence-electron chi connectivity index (χ2n) is 3.16. The molecular formula is C6H14Br2OSi. The highest BCUT2D eigenvalue weighted by molar-refractivity contribution is 9.09. The lowest BCUT2D eigenvalue weighted by Gasteiger charge is -2.23. The van der Waals surface area contributed by atoms with Crippen molar-refractivity contribution in [2.24, 2.45) is 0 Å². The molecule has 0 saturated carbocycles. The molecule has 0 aliphatic heterocycles. The van der Waals surface area contributed by atoms with Crippen LogP contribution in [-0.2, 0) is 4.43 Å². The van der Waals surface area contributed by atoms with E-state index in [1.54, 1.807) is 0 Å². The highest BCUT2D eigenvalue weighted by Crippen LogP contribution is 2.10. The van der Waals surface area contributed by atoms with E-state index in [2.05, 4.69) is 51.5 Å². The SMILES string of the molecule is C[Si](C)(C)OC(CBr)CBr. The third kappa shape index (κ3) is 5.89. The van der Waals surface area contributed by atoms with Gasteiger partial charge in [-0.15, -0.1) is 0 Å². The molecule has 0 aliphatic carbocycles. The Labute approximate surface area is 80.9 Å². The first-order valence-corrected chi connectivity index (χ1v) is 8.94. The number of hydrogen-bond donors (Lipinski definition) is 0. The Hall–Kier alpha value is 1.14. The lowest BCUT2D eigenvalue weighted by molar-refractivity contribution is 0.246. The summed E-state index contributed by atoms with van der Waals surface area (Å²) in [6.45, 7) is 6.60. The first-order valence-electron chi connectivity index (χ1n) is 3.29.